The molecule has 15 heavy (non-hydrogen) atoms. The van der Waals surface area contributed by atoms with E-state index in [0.717, 1.165) is 15.3 Å². The molecule has 0 N–H and O–H groups in total. The van der Waals surface area contributed by atoms with Crippen molar-refractivity contribution >= 4 is 55.0 Å². The van der Waals surface area contributed by atoms with Crippen molar-refractivity contribution in [2.45, 2.75) is 10.8 Å². The van der Waals surface area contributed by atoms with E-state index in [-0.39, 0.29) is 0 Å². The van der Waals surface area contributed by atoms with E-state index in [1.54, 1.807) is 23.1 Å². The molecule has 0 bridgehead atoms. The molecular weight excluding hydrogens is 358 g/mol. The summed E-state index contributed by atoms with van der Waals surface area (Å²) in [6.07, 6.45) is 1.82. The normalized spacial score (nSPS) is 10.5. The van der Waals surface area contributed by atoms with Crippen molar-refractivity contribution in [2.24, 2.45) is 0 Å². The second kappa shape index (κ2) is 5.48. The summed E-state index contributed by atoms with van der Waals surface area (Å²) in [4.78, 5) is 5.66. The lowest BCUT2D eigenvalue weighted by Gasteiger charge is -2.01. The van der Waals surface area contributed by atoms with Gasteiger partial charge in [-0.05, 0) is 55.4 Å². The standard InChI is InChI=1S/C10H7Br2NS2/c11-7-3-5-14-9(7)6-15-10-8(12)2-1-4-13-10/h1-5H,6H2. The lowest BCUT2D eigenvalue weighted by atomic mass is 10.5. The molecule has 2 heterocycles. The summed E-state index contributed by atoms with van der Waals surface area (Å²) < 4.78 is 2.25. The number of pyridine rings is 1. The van der Waals surface area contributed by atoms with Crippen molar-refractivity contribution in [1.82, 2.24) is 4.98 Å². The Bertz CT molecular complexity index is 456. The summed E-state index contributed by atoms with van der Waals surface area (Å²) in [6, 6.07) is 6.02. The van der Waals surface area contributed by atoms with E-state index in [1.165, 1.54) is 9.35 Å². The molecule has 0 saturated carbocycles. The Kier molecular flexibility index (Phi) is 4.25. The van der Waals surface area contributed by atoms with Gasteiger partial charge in [0.15, 0.2) is 0 Å². The fourth-order valence-electron chi connectivity index (χ4n) is 1.04. The first kappa shape index (κ1) is 11.6. The van der Waals surface area contributed by atoms with E-state index in [9.17, 15) is 0 Å². The van der Waals surface area contributed by atoms with Gasteiger partial charge < -0.3 is 0 Å². The van der Waals surface area contributed by atoms with E-state index < -0.39 is 0 Å². The van der Waals surface area contributed by atoms with Gasteiger partial charge in [0, 0.05) is 25.8 Å². The second-order valence-corrected chi connectivity index (χ2v) is 6.44. The fraction of sp³-hybridized carbons (Fsp3) is 0.100. The lowest BCUT2D eigenvalue weighted by molar-refractivity contribution is 1.11. The molecule has 2 rings (SSSR count). The average molecular weight is 365 g/mol. The minimum absolute atomic E-state index is 0.952. The zero-order valence-electron chi connectivity index (χ0n) is 7.61. The van der Waals surface area contributed by atoms with Crippen LogP contribution < -0.4 is 0 Å². The number of halogens is 2. The molecule has 0 aliphatic carbocycles. The van der Waals surface area contributed by atoms with Crippen LogP contribution >= 0.6 is 55.0 Å². The summed E-state index contributed by atoms with van der Waals surface area (Å²) in [5.41, 5.74) is 0. The molecule has 0 aliphatic rings. The summed E-state index contributed by atoms with van der Waals surface area (Å²) in [7, 11) is 0. The van der Waals surface area contributed by atoms with Gasteiger partial charge in [0.2, 0.25) is 0 Å². The zero-order chi connectivity index (χ0) is 10.7. The van der Waals surface area contributed by atoms with Gasteiger partial charge in [0.1, 0.15) is 5.03 Å². The molecule has 0 spiro atoms. The van der Waals surface area contributed by atoms with Gasteiger partial charge in [-0.15, -0.1) is 11.3 Å². The van der Waals surface area contributed by atoms with Crippen LogP contribution in [0.15, 0.2) is 43.7 Å². The van der Waals surface area contributed by atoms with Crippen molar-refractivity contribution in [3.8, 4) is 0 Å². The summed E-state index contributed by atoms with van der Waals surface area (Å²) >= 11 is 10.5. The number of rotatable bonds is 3. The van der Waals surface area contributed by atoms with Gasteiger partial charge in [0.25, 0.3) is 0 Å². The monoisotopic (exact) mass is 363 g/mol. The number of hydrogen-bond donors (Lipinski definition) is 0. The van der Waals surface area contributed by atoms with Crippen molar-refractivity contribution in [3.63, 3.8) is 0 Å². The Balaban J connectivity index is 2.06. The topological polar surface area (TPSA) is 12.9 Å². The number of thiophene rings is 1. The zero-order valence-corrected chi connectivity index (χ0v) is 12.4. The first-order chi connectivity index (χ1) is 7.27. The first-order valence-electron chi connectivity index (χ1n) is 4.22. The Hall–Kier alpha value is 0.160. The third-order valence-corrected chi connectivity index (χ3v) is 5.80. The molecule has 0 aromatic carbocycles. The Morgan fingerprint density at radius 2 is 2.13 bits per heavy atom. The largest absolute Gasteiger partial charge is 0.249 e. The molecule has 0 atom stereocenters. The molecular formula is C10H7Br2NS2. The first-order valence-corrected chi connectivity index (χ1v) is 7.67. The van der Waals surface area contributed by atoms with Crippen LogP contribution in [-0.2, 0) is 5.75 Å². The van der Waals surface area contributed by atoms with Crippen LogP contribution in [0.4, 0.5) is 0 Å². The molecule has 0 fully saturated rings. The molecule has 0 saturated heterocycles. The minimum atomic E-state index is 0.952. The van der Waals surface area contributed by atoms with Gasteiger partial charge in [-0.1, -0.05) is 11.8 Å². The van der Waals surface area contributed by atoms with Crippen molar-refractivity contribution in [2.75, 3.05) is 0 Å². The van der Waals surface area contributed by atoms with Crippen LogP contribution in [0.2, 0.25) is 0 Å². The van der Waals surface area contributed by atoms with Crippen LogP contribution in [0, 0.1) is 0 Å². The second-order valence-electron chi connectivity index (χ2n) is 2.77. The highest BCUT2D eigenvalue weighted by molar-refractivity contribution is 9.10. The minimum Gasteiger partial charge on any atom is -0.249 e. The predicted molar refractivity (Wildman–Crippen MR) is 73.5 cm³/mol. The molecule has 1 nitrogen and oxygen atoms in total. The highest BCUT2D eigenvalue weighted by atomic mass is 79.9. The lowest BCUT2D eigenvalue weighted by Crippen LogP contribution is -1.82. The van der Waals surface area contributed by atoms with Crippen LogP contribution in [0.25, 0.3) is 0 Å². The van der Waals surface area contributed by atoms with E-state index >= 15 is 0 Å². The third-order valence-electron chi connectivity index (χ3n) is 1.76. The number of nitrogens with zero attached hydrogens (tertiary/aromatic N) is 1. The molecule has 0 amide bonds. The summed E-state index contributed by atoms with van der Waals surface area (Å²) in [6.45, 7) is 0. The molecule has 5 heteroatoms. The van der Waals surface area contributed by atoms with Gasteiger partial charge >= 0.3 is 0 Å². The van der Waals surface area contributed by atoms with E-state index in [0.29, 0.717) is 0 Å². The molecule has 78 valence electrons. The molecule has 2 aromatic heterocycles. The van der Waals surface area contributed by atoms with Gasteiger partial charge in [-0.25, -0.2) is 4.98 Å². The fourth-order valence-corrected chi connectivity index (χ4v) is 4.31. The Labute approximate surface area is 114 Å². The Morgan fingerprint density at radius 1 is 1.27 bits per heavy atom. The summed E-state index contributed by atoms with van der Waals surface area (Å²) in [5, 5.41) is 3.13. The maximum atomic E-state index is 4.31. The molecule has 2 aromatic rings. The van der Waals surface area contributed by atoms with Gasteiger partial charge in [0.05, 0.1) is 0 Å². The third kappa shape index (κ3) is 3.06. The number of hydrogen-bond acceptors (Lipinski definition) is 3. The maximum Gasteiger partial charge on any atom is 0.111 e. The highest BCUT2D eigenvalue weighted by Gasteiger charge is 2.05. The number of thioether (sulfide) groups is 1. The van der Waals surface area contributed by atoms with E-state index in [4.69, 9.17) is 0 Å². The molecule has 0 aliphatic heterocycles. The highest BCUT2D eigenvalue weighted by Crippen LogP contribution is 2.32. The van der Waals surface area contributed by atoms with E-state index in [1.807, 2.05) is 18.3 Å². The number of aromatic nitrogens is 1. The van der Waals surface area contributed by atoms with Crippen molar-refractivity contribution in [3.05, 3.63) is 43.6 Å². The van der Waals surface area contributed by atoms with Crippen LogP contribution in [0.1, 0.15) is 4.88 Å². The SMILES string of the molecule is Brc1cccnc1SCc1sccc1Br. The van der Waals surface area contributed by atoms with Crippen LogP contribution in [0.3, 0.4) is 0 Å². The van der Waals surface area contributed by atoms with Crippen LogP contribution in [0.5, 0.6) is 0 Å². The average Bonchev–Trinajstić information content (AvgIpc) is 2.63. The van der Waals surface area contributed by atoms with E-state index in [2.05, 4.69) is 48.3 Å². The quantitative estimate of drug-likeness (QED) is 0.714. The van der Waals surface area contributed by atoms with Crippen molar-refractivity contribution in [1.29, 1.82) is 0 Å². The molecule has 0 unspecified atom stereocenters. The van der Waals surface area contributed by atoms with Crippen LogP contribution in [-0.4, -0.2) is 4.98 Å². The Morgan fingerprint density at radius 3 is 2.80 bits per heavy atom. The molecule has 0 radical (unpaired) electrons. The maximum absolute atomic E-state index is 4.31. The van der Waals surface area contributed by atoms with Crippen molar-refractivity contribution < 1.29 is 0 Å². The summed E-state index contributed by atoms with van der Waals surface area (Å²) in [5.74, 6) is 0.952. The predicted octanol–water partition coefficient (Wildman–Crippen LogP) is 4.96. The smallest absolute Gasteiger partial charge is 0.111 e. The van der Waals surface area contributed by atoms with Gasteiger partial charge in [-0.2, -0.15) is 0 Å². The van der Waals surface area contributed by atoms with Gasteiger partial charge in [-0.3, -0.25) is 0 Å².